The van der Waals surface area contributed by atoms with E-state index in [0.29, 0.717) is 10.7 Å². The lowest BCUT2D eigenvalue weighted by Crippen LogP contribution is -1.91. The van der Waals surface area contributed by atoms with E-state index in [0.717, 1.165) is 12.0 Å². The molecule has 2 rings (SSSR count). The molecule has 76 valence electrons. The molecule has 0 atom stereocenters. The molecule has 15 heavy (non-hydrogen) atoms. The lowest BCUT2D eigenvalue weighted by Gasteiger charge is -2.03. The normalized spacial score (nSPS) is 10.2. The molecule has 2 aromatic rings. The van der Waals surface area contributed by atoms with Crippen LogP contribution in [0.5, 0.6) is 0 Å². The zero-order valence-electron chi connectivity index (χ0n) is 8.15. The molecule has 0 aliphatic carbocycles. The van der Waals surface area contributed by atoms with Gasteiger partial charge in [-0.2, -0.15) is 0 Å². The van der Waals surface area contributed by atoms with Crippen molar-refractivity contribution in [1.29, 1.82) is 0 Å². The summed E-state index contributed by atoms with van der Waals surface area (Å²) >= 11 is 5.94. The Hall–Kier alpha value is -1.54. The average molecular weight is 219 g/mol. The number of aromatic nitrogens is 1. The van der Waals surface area contributed by atoms with Crippen molar-refractivity contribution < 1.29 is 0 Å². The quantitative estimate of drug-likeness (QED) is 0.788. The van der Waals surface area contributed by atoms with Crippen molar-refractivity contribution >= 4 is 17.3 Å². The number of benzene rings is 1. The SMILES string of the molecule is Nc1ccc(Cc2ccncc2)cc1Cl. The van der Waals surface area contributed by atoms with Gasteiger partial charge < -0.3 is 5.73 Å². The maximum absolute atomic E-state index is 5.94. The number of nitrogens with zero attached hydrogens (tertiary/aromatic N) is 1. The van der Waals surface area contributed by atoms with Crippen LogP contribution in [0.25, 0.3) is 0 Å². The van der Waals surface area contributed by atoms with E-state index in [1.54, 1.807) is 12.4 Å². The smallest absolute Gasteiger partial charge is 0.0638 e. The monoisotopic (exact) mass is 218 g/mol. The second-order valence-electron chi connectivity index (χ2n) is 3.39. The maximum atomic E-state index is 5.94. The number of nitrogen functional groups attached to an aromatic ring is 1. The number of pyridine rings is 1. The largest absolute Gasteiger partial charge is 0.398 e. The first-order valence-electron chi connectivity index (χ1n) is 4.68. The molecular formula is C12H11ClN2. The van der Waals surface area contributed by atoms with E-state index in [1.807, 2.05) is 30.3 Å². The molecule has 0 bridgehead atoms. The summed E-state index contributed by atoms with van der Waals surface area (Å²) in [6.07, 6.45) is 4.42. The molecule has 0 saturated carbocycles. The van der Waals surface area contributed by atoms with Crippen molar-refractivity contribution in [3.05, 3.63) is 58.9 Å². The van der Waals surface area contributed by atoms with Crippen molar-refractivity contribution in [1.82, 2.24) is 4.98 Å². The fourth-order valence-corrected chi connectivity index (χ4v) is 1.62. The number of rotatable bonds is 2. The number of hydrogen-bond donors (Lipinski definition) is 1. The Morgan fingerprint density at radius 2 is 1.80 bits per heavy atom. The number of halogens is 1. The third-order valence-electron chi connectivity index (χ3n) is 2.22. The van der Waals surface area contributed by atoms with Gasteiger partial charge in [0.1, 0.15) is 0 Å². The van der Waals surface area contributed by atoms with Crippen LogP contribution in [0.3, 0.4) is 0 Å². The summed E-state index contributed by atoms with van der Waals surface area (Å²) in [4.78, 5) is 3.97. The third kappa shape index (κ3) is 2.48. The highest BCUT2D eigenvalue weighted by atomic mass is 35.5. The van der Waals surface area contributed by atoms with Crippen LogP contribution in [0.2, 0.25) is 5.02 Å². The summed E-state index contributed by atoms with van der Waals surface area (Å²) in [6, 6.07) is 9.70. The van der Waals surface area contributed by atoms with Crippen LogP contribution < -0.4 is 5.73 Å². The Morgan fingerprint density at radius 3 is 2.47 bits per heavy atom. The zero-order chi connectivity index (χ0) is 10.7. The highest BCUT2D eigenvalue weighted by molar-refractivity contribution is 6.33. The van der Waals surface area contributed by atoms with Crippen molar-refractivity contribution in [2.75, 3.05) is 5.73 Å². The number of hydrogen-bond acceptors (Lipinski definition) is 2. The summed E-state index contributed by atoms with van der Waals surface area (Å²) in [5.41, 5.74) is 8.63. The Bertz CT molecular complexity index is 454. The summed E-state index contributed by atoms with van der Waals surface area (Å²) < 4.78 is 0. The first-order chi connectivity index (χ1) is 7.25. The predicted molar refractivity (Wildman–Crippen MR) is 62.9 cm³/mol. The van der Waals surface area contributed by atoms with Gasteiger partial charge in [-0.05, 0) is 41.8 Å². The summed E-state index contributed by atoms with van der Waals surface area (Å²) in [5.74, 6) is 0. The first kappa shape index (κ1) is 9.99. The van der Waals surface area contributed by atoms with Gasteiger partial charge in [0, 0.05) is 12.4 Å². The van der Waals surface area contributed by atoms with Crippen LogP contribution in [0.15, 0.2) is 42.7 Å². The minimum absolute atomic E-state index is 0.613. The summed E-state index contributed by atoms with van der Waals surface area (Å²) in [5, 5.41) is 0.613. The van der Waals surface area contributed by atoms with E-state index in [4.69, 9.17) is 17.3 Å². The van der Waals surface area contributed by atoms with Crippen LogP contribution in [-0.2, 0) is 6.42 Å². The molecule has 0 saturated heterocycles. The highest BCUT2D eigenvalue weighted by Gasteiger charge is 1.99. The molecule has 1 heterocycles. The molecule has 3 heteroatoms. The fraction of sp³-hybridized carbons (Fsp3) is 0.0833. The molecule has 1 aromatic carbocycles. The van der Waals surface area contributed by atoms with E-state index in [-0.39, 0.29) is 0 Å². The minimum Gasteiger partial charge on any atom is -0.398 e. The average Bonchev–Trinajstić information content (AvgIpc) is 2.25. The zero-order valence-corrected chi connectivity index (χ0v) is 8.91. The van der Waals surface area contributed by atoms with Gasteiger partial charge in [-0.3, -0.25) is 4.98 Å². The topological polar surface area (TPSA) is 38.9 Å². The molecule has 0 aliphatic rings. The molecule has 2 nitrogen and oxygen atoms in total. The Balaban J connectivity index is 2.22. The molecule has 0 aliphatic heterocycles. The van der Waals surface area contributed by atoms with Crippen LogP contribution >= 0.6 is 11.6 Å². The van der Waals surface area contributed by atoms with Crippen LogP contribution in [0.4, 0.5) is 5.69 Å². The molecule has 0 spiro atoms. The summed E-state index contributed by atoms with van der Waals surface area (Å²) in [7, 11) is 0. The Kier molecular flexibility index (Phi) is 2.88. The van der Waals surface area contributed by atoms with Crippen LogP contribution in [-0.4, -0.2) is 4.98 Å². The van der Waals surface area contributed by atoms with Gasteiger partial charge in [0.2, 0.25) is 0 Å². The Morgan fingerprint density at radius 1 is 1.07 bits per heavy atom. The molecule has 0 radical (unpaired) electrons. The Labute approximate surface area is 93.7 Å². The second kappa shape index (κ2) is 4.32. The minimum atomic E-state index is 0.613. The van der Waals surface area contributed by atoms with Gasteiger partial charge in [-0.15, -0.1) is 0 Å². The van der Waals surface area contributed by atoms with Gasteiger partial charge in [0.05, 0.1) is 10.7 Å². The maximum Gasteiger partial charge on any atom is 0.0638 e. The molecule has 1 aromatic heterocycles. The van der Waals surface area contributed by atoms with E-state index < -0.39 is 0 Å². The number of anilines is 1. The van der Waals surface area contributed by atoms with Crippen LogP contribution in [0.1, 0.15) is 11.1 Å². The van der Waals surface area contributed by atoms with Crippen molar-refractivity contribution in [3.63, 3.8) is 0 Å². The van der Waals surface area contributed by atoms with Gasteiger partial charge in [-0.1, -0.05) is 17.7 Å². The van der Waals surface area contributed by atoms with Gasteiger partial charge in [-0.25, -0.2) is 0 Å². The molecule has 0 unspecified atom stereocenters. The van der Waals surface area contributed by atoms with Crippen LogP contribution in [0, 0.1) is 0 Å². The van der Waals surface area contributed by atoms with Gasteiger partial charge >= 0.3 is 0 Å². The standard InChI is InChI=1S/C12H11ClN2/c13-11-8-10(1-2-12(11)14)7-9-3-5-15-6-4-9/h1-6,8H,7,14H2. The third-order valence-corrected chi connectivity index (χ3v) is 2.55. The van der Waals surface area contributed by atoms with Gasteiger partial charge in [0.25, 0.3) is 0 Å². The van der Waals surface area contributed by atoms with Crippen molar-refractivity contribution in [2.45, 2.75) is 6.42 Å². The van der Waals surface area contributed by atoms with Gasteiger partial charge in [0.15, 0.2) is 0 Å². The second-order valence-corrected chi connectivity index (χ2v) is 3.80. The molecular weight excluding hydrogens is 208 g/mol. The lowest BCUT2D eigenvalue weighted by atomic mass is 10.1. The highest BCUT2D eigenvalue weighted by Crippen LogP contribution is 2.21. The van der Waals surface area contributed by atoms with Crippen molar-refractivity contribution in [2.24, 2.45) is 0 Å². The van der Waals surface area contributed by atoms with Crippen molar-refractivity contribution in [3.8, 4) is 0 Å². The predicted octanol–water partition coefficient (Wildman–Crippen LogP) is 2.91. The van der Waals surface area contributed by atoms with E-state index >= 15 is 0 Å². The number of nitrogens with two attached hydrogens (primary N) is 1. The molecule has 0 fully saturated rings. The first-order valence-corrected chi connectivity index (χ1v) is 5.06. The fourth-order valence-electron chi connectivity index (χ4n) is 1.42. The van der Waals surface area contributed by atoms with E-state index in [1.165, 1.54) is 5.56 Å². The summed E-state index contributed by atoms with van der Waals surface area (Å²) in [6.45, 7) is 0. The molecule has 2 N–H and O–H groups in total. The van der Waals surface area contributed by atoms with E-state index in [2.05, 4.69) is 4.98 Å². The molecule has 0 amide bonds. The van der Waals surface area contributed by atoms with E-state index in [9.17, 15) is 0 Å². The lowest BCUT2D eigenvalue weighted by molar-refractivity contribution is 1.16.